The van der Waals surface area contributed by atoms with Crippen LogP contribution in [0, 0.1) is 5.41 Å². The normalized spacial score (nSPS) is 15.6. The number of carbonyl (C=O) groups excluding carboxylic acids is 2. The van der Waals surface area contributed by atoms with Gasteiger partial charge in [0.2, 0.25) is 5.91 Å². The van der Waals surface area contributed by atoms with Gasteiger partial charge >= 0.3 is 0 Å². The first kappa shape index (κ1) is 23.7. The quantitative estimate of drug-likeness (QED) is 0.505. The number of nitrogens with zero attached hydrogens (tertiary/aromatic N) is 3. The van der Waals surface area contributed by atoms with Gasteiger partial charge in [-0.25, -0.2) is 0 Å². The molecule has 2 amide bonds. The topological polar surface area (TPSA) is 77.0 Å². The van der Waals surface area contributed by atoms with Gasteiger partial charge in [0.1, 0.15) is 0 Å². The van der Waals surface area contributed by atoms with E-state index in [-0.39, 0.29) is 17.2 Å². The molecular weight excluding hydrogens is 378 g/mol. The summed E-state index contributed by atoms with van der Waals surface area (Å²) in [6.07, 6.45) is 4.00. The van der Waals surface area contributed by atoms with E-state index in [1.807, 2.05) is 57.1 Å². The highest BCUT2D eigenvalue weighted by molar-refractivity contribution is 5.94. The lowest BCUT2D eigenvalue weighted by Gasteiger charge is -2.31. The third-order valence-electron chi connectivity index (χ3n) is 5.95. The molecule has 0 radical (unpaired) electrons. The molecule has 1 aromatic carbocycles. The van der Waals surface area contributed by atoms with E-state index in [2.05, 4.69) is 15.6 Å². The molecule has 0 unspecified atom stereocenters. The van der Waals surface area contributed by atoms with Gasteiger partial charge in [-0.15, -0.1) is 0 Å². The number of nitrogens with one attached hydrogen (secondary N) is 2. The molecule has 7 heteroatoms. The number of benzene rings is 1. The molecule has 1 aliphatic rings. The molecule has 0 aliphatic heterocycles. The number of guanidine groups is 1. The fourth-order valence-electron chi connectivity index (χ4n) is 4.11. The lowest BCUT2D eigenvalue weighted by atomic mass is 9.84. The molecule has 0 aromatic heterocycles. The van der Waals surface area contributed by atoms with Crippen LogP contribution in [-0.4, -0.2) is 68.4 Å². The number of carbonyl (C=O) groups is 2. The van der Waals surface area contributed by atoms with E-state index in [0.29, 0.717) is 37.7 Å². The molecule has 0 bridgehead atoms. The Labute approximate surface area is 180 Å². The molecule has 0 spiro atoms. The van der Waals surface area contributed by atoms with Crippen molar-refractivity contribution in [3.8, 4) is 0 Å². The van der Waals surface area contributed by atoms with E-state index in [1.165, 1.54) is 0 Å². The predicted molar refractivity (Wildman–Crippen MR) is 121 cm³/mol. The maximum Gasteiger partial charge on any atom is 0.253 e. The summed E-state index contributed by atoms with van der Waals surface area (Å²) in [7, 11) is 5.38. The Morgan fingerprint density at radius 3 is 2.13 bits per heavy atom. The average molecular weight is 416 g/mol. The van der Waals surface area contributed by atoms with Crippen molar-refractivity contribution in [2.45, 2.75) is 46.1 Å². The van der Waals surface area contributed by atoms with Gasteiger partial charge in [-0.05, 0) is 44.4 Å². The lowest BCUT2D eigenvalue weighted by molar-refractivity contribution is -0.138. The molecule has 1 aliphatic carbocycles. The summed E-state index contributed by atoms with van der Waals surface area (Å²) in [5.74, 6) is 0.928. The molecule has 0 saturated heterocycles. The molecule has 30 heavy (non-hydrogen) atoms. The highest BCUT2D eigenvalue weighted by Crippen LogP contribution is 2.38. The Morgan fingerprint density at radius 2 is 1.63 bits per heavy atom. The van der Waals surface area contributed by atoms with Crippen molar-refractivity contribution in [1.29, 1.82) is 0 Å². The second kappa shape index (κ2) is 11.0. The van der Waals surface area contributed by atoms with Crippen molar-refractivity contribution in [3.63, 3.8) is 0 Å². The first-order valence-corrected chi connectivity index (χ1v) is 10.9. The highest BCUT2D eigenvalue weighted by atomic mass is 16.2. The Bertz CT molecular complexity index is 732. The summed E-state index contributed by atoms with van der Waals surface area (Å²) in [6, 6.07) is 7.67. The van der Waals surface area contributed by atoms with Crippen LogP contribution in [0.2, 0.25) is 0 Å². The number of amides is 2. The van der Waals surface area contributed by atoms with Crippen LogP contribution in [0.1, 0.15) is 55.5 Å². The summed E-state index contributed by atoms with van der Waals surface area (Å²) in [6.45, 7) is 6.56. The minimum atomic E-state index is -0.340. The second-order valence-corrected chi connectivity index (χ2v) is 8.14. The van der Waals surface area contributed by atoms with Crippen LogP contribution < -0.4 is 10.6 Å². The maximum absolute atomic E-state index is 12.7. The van der Waals surface area contributed by atoms with E-state index in [4.69, 9.17) is 0 Å². The number of hydrogen-bond donors (Lipinski definition) is 2. The van der Waals surface area contributed by atoms with Gasteiger partial charge in [0.15, 0.2) is 5.96 Å². The van der Waals surface area contributed by atoms with E-state index in [1.54, 1.807) is 11.9 Å². The molecule has 1 saturated carbocycles. The minimum absolute atomic E-state index is 0.0596. The van der Waals surface area contributed by atoms with Crippen LogP contribution in [0.25, 0.3) is 0 Å². The van der Waals surface area contributed by atoms with Gasteiger partial charge < -0.3 is 20.4 Å². The maximum atomic E-state index is 12.7. The zero-order chi connectivity index (χ0) is 22.1. The van der Waals surface area contributed by atoms with Gasteiger partial charge in [-0.2, -0.15) is 0 Å². The van der Waals surface area contributed by atoms with Crippen molar-refractivity contribution in [1.82, 2.24) is 20.4 Å². The zero-order valence-corrected chi connectivity index (χ0v) is 19.1. The van der Waals surface area contributed by atoms with Crippen LogP contribution >= 0.6 is 0 Å². The number of rotatable bonds is 8. The number of hydrogen-bond acceptors (Lipinski definition) is 3. The van der Waals surface area contributed by atoms with Crippen molar-refractivity contribution < 1.29 is 9.59 Å². The van der Waals surface area contributed by atoms with Crippen LogP contribution in [0.4, 0.5) is 0 Å². The molecule has 2 rings (SSSR count). The SMILES string of the molecule is CCN(CC)C(=O)c1ccc(CNC(=NC)NCC2(C(=O)N(C)C)CCCC2)cc1. The standard InChI is InChI=1S/C23H37N5O2/c1-6-28(7-2)20(29)19-12-10-18(11-13-19)16-25-22(24-3)26-17-23(14-8-9-15-23)21(30)27(4)5/h10-13H,6-9,14-17H2,1-5H3,(H2,24,25,26). The molecular formula is C23H37N5O2. The fraction of sp³-hybridized carbons (Fsp3) is 0.609. The summed E-state index contributed by atoms with van der Waals surface area (Å²) >= 11 is 0. The first-order valence-electron chi connectivity index (χ1n) is 10.9. The van der Waals surface area contributed by atoms with E-state index >= 15 is 0 Å². The average Bonchev–Trinajstić information content (AvgIpc) is 3.24. The van der Waals surface area contributed by atoms with E-state index < -0.39 is 0 Å². The Morgan fingerprint density at radius 1 is 1.03 bits per heavy atom. The Balaban J connectivity index is 1.92. The van der Waals surface area contributed by atoms with Crippen molar-refractivity contribution in [2.75, 3.05) is 40.8 Å². The predicted octanol–water partition coefficient (Wildman–Crippen LogP) is 2.48. The summed E-state index contributed by atoms with van der Waals surface area (Å²) in [5.41, 5.74) is 1.43. The summed E-state index contributed by atoms with van der Waals surface area (Å²) in [5, 5.41) is 6.66. The molecule has 7 nitrogen and oxygen atoms in total. The lowest BCUT2D eigenvalue weighted by Crippen LogP contribution is -2.49. The largest absolute Gasteiger partial charge is 0.355 e. The van der Waals surface area contributed by atoms with Crippen molar-refractivity contribution in [3.05, 3.63) is 35.4 Å². The summed E-state index contributed by atoms with van der Waals surface area (Å²) < 4.78 is 0. The Kier molecular flexibility index (Phi) is 8.69. The first-order chi connectivity index (χ1) is 14.4. The molecule has 1 fully saturated rings. The smallest absolute Gasteiger partial charge is 0.253 e. The van der Waals surface area contributed by atoms with E-state index in [0.717, 1.165) is 31.2 Å². The van der Waals surface area contributed by atoms with Gasteiger partial charge in [-0.3, -0.25) is 14.6 Å². The van der Waals surface area contributed by atoms with Gasteiger partial charge in [-0.1, -0.05) is 25.0 Å². The van der Waals surface area contributed by atoms with Crippen molar-refractivity contribution in [2.24, 2.45) is 10.4 Å². The zero-order valence-electron chi connectivity index (χ0n) is 19.1. The van der Waals surface area contributed by atoms with Crippen LogP contribution in [0.5, 0.6) is 0 Å². The van der Waals surface area contributed by atoms with Crippen molar-refractivity contribution >= 4 is 17.8 Å². The molecule has 166 valence electrons. The molecule has 0 atom stereocenters. The van der Waals surface area contributed by atoms with Gasteiger partial charge in [0.05, 0.1) is 5.41 Å². The third-order valence-corrected chi connectivity index (χ3v) is 5.95. The van der Waals surface area contributed by atoms with Crippen LogP contribution in [0.3, 0.4) is 0 Å². The minimum Gasteiger partial charge on any atom is -0.355 e. The summed E-state index contributed by atoms with van der Waals surface area (Å²) in [4.78, 5) is 33.0. The van der Waals surface area contributed by atoms with E-state index in [9.17, 15) is 9.59 Å². The fourth-order valence-corrected chi connectivity index (χ4v) is 4.11. The molecule has 1 aromatic rings. The number of aliphatic imine (C=N–C) groups is 1. The van der Waals surface area contributed by atoms with Gasteiger partial charge in [0.25, 0.3) is 5.91 Å². The monoisotopic (exact) mass is 415 g/mol. The van der Waals surface area contributed by atoms with Crippen LogP contribution in [0.15, 0.2) is 29.3 Å². The second-order valence-electron chi connectivity index (χ2n) is 8.14. The molecule has 2 N–H and O–H groups in total. The highest BCUT2D eigenvalue weighted by Gasteiger charge is 2.42. The van der Waals surface area contributed by atoms with Gasteiger partial charge in [0, 0.05) is 52.9 Å². The molecule has 0 heterocycles. The van der Waals surface area contributed by atoms with Crippen LogP contribution in [-0.2, 0) is 11.3 Å². The third kappa shape index (κ3) is 5.74. The Hall–Kier alpha value is -2.57.